The maximum absolute atomic E-state index is 10.8. The van der Waals surface area contributed by atoms with Crippen LogP contribution in [-0.4, -0.2) is 22.7 Å². The first-order valence-corrected chi connectivity index (χ1v) is 6.54. The Morgan fingerprint density at radius 3 is 2.95 bits per heavy atom. The summed E-state index contributed by atoms with van der Waals surface area (Å²) >= 11 is 0. The van der Waals surface area contributed by atoms with Crippen molar-refractivity contribution < 1.29 is 14.6 Å². The fourth-order valence-electron chi connectivity index (χ4n) is 1.91. The zero-order valence-corrected chi connectivity index (χ0v) is 11.3. The van der Waals surface area contributed by atoms with E-state index in [0.717, 1.165) is 28.6 Å². The molecule has 0 aliphatic rings. The number of fused-ring (bicyclic) bond motifs is 1. The first-order chi connectivity index (χ1) is 9.10. The van der Waals surface area contributed by atoms with Gasteiger partial charge in [-0.1, -0.05) is 20.3 Å². The Kier molecular flexibility index (Phi) is 4.10. The minimum atomic E-state index is -0.827. The van der Waals surface area contributed by atoms with E-state index in [0.29, 0.717) is 12.5 Å². The van der Waals surface area contributed by atoms with Crippen LogP contribution in [0.25, 0.3) is 10.9 Å². The Bertz CT molecular complexity index is 574. The molecule has 0 fully saturated rings. The molecule has 1 atom stereocenters. The van der Waals surface area contributed by atoms with Crippen molar-refractivity contribution in [2.24, 2.45) is 5.92 Å². The second kappa shape index (κ2) is 5.78. The van der Waals surface area contributed by atoms with Crippen LogP contribution in [0.1, 0.15) is 25.8 Å². The SMILES string of the molecule is CCC(C)COc1ccc2[nH]cc(CC(=O)O)c2c1. The summed E-state index contributed by atoms with van der Waals surface area (Å²) in [6.07, 6.45) is 2.85. The summed E-state index contributed by atoms with van der Waals surface area (Å²) < 4.78 is 5.73. The third kappa shape index (κ3) is 3.28. The average molecular weight is 261 g/mol. The number of nitrogens with one attached hydrogen (secondary N) is 1. The predicted molar refractivity (Wildman–Crippen MR) is 74.6 cm³/mol. The summed E-state index contributed by atoms with van der Waals surface area (Å²) in [7, 11) is 0. The molecule has 0 saturated carbocycles. The lowest BCUT2D eigenvalue weighted by molar-refractivity contribution is -0.136. The van der Waals surface area contributed by atoms with Gasteiger partial charge in [0.1, 0.15) is 5.75 Å². The lowest BCUT2D eigenvalue weighted by atomic mass is 10.1. The summed E-state index contributed by atoms with van der Waals surface area (Å²) in [6, 6.07) is 5.74. The topological polar surface area (TPSA) is 62.3 Å². The average Bonchev–Trinajstić information content (AvgIpc) is 2.78. The van der Waals surface area contributed by atoms with Gasteiger partial charge in [-0.25, -0.2) is 0 Å². The molecule has 0 radical (unpaired) electrons. The molecule has 4 nitrogen and oxygen atoms in total. The van der Waals surface area contributed by atoms with Crippen LogP contribution >= 0.6 is 0 Å². The fourth-order valence-corrected chi connectivity index (χ4v) is 1.91. The number of hydrogen-bond donors (Lipinski definition) is 2. The number of rotatable bonds is 6. The molecule has 1 heterocycles. The molecule has 0 saturated heterocycles. The van der Waals surface area contributed by atoms with Gasteiger partial charge in [-0.2, -0.15) is 0 Å². The molecule has 2 aromatic rings. The van der Waals surface area contributed by atoms with E-state index in [4.69, 9.17) is 9.84 Å². The van der Waals surface area contributed by atoms with Crippen LogP contribution in [0, 0.1) is 5.92 Å². The van der Waals surface area contributed by atoms with Crippen LogP contribution in [0.15, 0.2) is 24.4 Å². The van der Waals surface area contributed by atoms with Crippen molar-refractivity contribution in [3.8, 4) is 5.75 Å². The lowest BCUT2D eigenvalue weighted by Gasteiger charge is -2.11. The van der Waals surface area contributed by atoms with Crippen molar-refractivity contribution in [1.29, 1.82) is 0 Å². The normalized spacial score (nSPS) is 12.5. The van der Waals surface area contributed by atoms with E-state index in [1.165, 1.54) is 0 Å². The lowest BCUT2D eigenvalue weighted by Crippen LogP contribution is -2.07. The number of hydrogen-bond acceptors (Lipinski definition) is 2. The minimum Gasteiger partial charge on any atom is -0.493 e. The first kappa shape index (κ1) is 13.5. The molecule has 0 spiro atoms. The third-order valence-corrected chi connectivity index (χ3v) is 3.31. The van der Waals surface area contributed by atoms with E-state index in [1.807, 2.05) is 18.2 Å². The highest BCUT2D eigenvalue weighted by Gasteiger charge is 2.09. The minimum absolute atomic E-state index is 0.0226. The van der Waals surface area contributed by atoms with Crippen LogP contribution in [-0.2, 0) is 11.2 Å². The van der Waals surface area contributed by atoms with Crippen molar-refractivity contribution in [2.45, 2.75) is 26.7 Å². The van der Waals surface area contributed by atoms with E-state index < -0.39 is 5.97 Å². The van der Waals surface area contributed by atoms with Gasteiger partial charge in [0, 0.05) is 17.1 Å². The zero-order chi connectivity index (χ0) is 13.8. The van der Waals surface area contributed by atoms with Crippen LogP contribution in [0.2, 0.25) is 0 Å². The third-order valence-electron chi connectivity index (χ3n) is 3.31. The summed E-state index contributed by atoms with van der Waals surface area (Å²) in [5.41, 5.74) is 1.73. The Morgan fingerprint density at radius 2 is 2.26 bits per heavy atom. The van der Waals surface area contributed by atoms with Crippen LogP contribution in [0.3, 0.4) is 0 Å². The Labute approximate surface area is 112 Å². The molecule has 1 aromatic heterocycles. The molecule has 4 heteroatoms. The molecule has 0 bridgehead atoms. The van der Waals surface area contributed by atoms with Crippen molar-refractivity contribution in [3.63, 3.8) is 0 Å². The van der Waals surface area contributed by atoms with Gasteiger partial charge >= 0.3 is 5.97 Å². The van der Waals surface area contributed by atoms with E-state index >= 15 is 0 Å². The highest BCUT2D eigenvalue weighted by Crippen LogP contribution is 2.24. The smallest absolute Gasteiger partial charge is 0.307 e. The van der Waals surface area contributed by atoms with Crippen LogP contribution < -0.4 is 4.74 Å². The number of ether oxygens (including phenoxy) is 1. The van der Waals surface area contributed by atoms with E-state index in [-0.39, 0.29) is 6.42 Å². The maximum Gasteiger partial charge on any atom is 0.307 e. The number of carboxylic acids is 1. The Balaban J connectivity index is 2.20. The molecule has 19 heavy (non-hydrogen) atoms. The number of aromatic nitrogens is 1. The molecule has 2 rings (SSSR count). The van der Waals surface area contributed by atoms with Crippen molar-refractivity contribution in [2.75, 3.05) is 6.61 Å². The van der Waals surface area contributed by atoms with Gasteiger partial charge in [-0.3, -0.25) is 4.79 Å². The molecule has 0 aliphatic heterocycles. The number of aliphatic carboxylic acids is 1. The highest BCUT2D eigenvalue weighted by atomic mass is 16.5. The van der Waals surface area contributed by atoms with Crippen LogP contribution in [0.5, 0.6) is 5.75 Å². The van der Waals surface area contributed by atoms with Gasteiger partial charge in [-0.15, -0.1) is 0 Å². The number of carboxylic acid groups (broad SMARTS) is 1. The van der Waals surface area contributed by atoms with E-state index in [9.17, 15) is 4.79 Å². The van der Waals surface area contributed by atoms with Crippen molar-refractivity contribution in [1.82, 2.24) is 4.98 Å². The molecule has 0 amide bonds. The molecular weight excluding hydrogens is 242 g/mol. The summed E-state index contributed by atoms with van der Waals surface area (Å²) in [5, 5.41) is 9.80. The van der Waals surface area contributed by atoms with Gasteiger partial charge in [0.25, 0.3) is 0 Å². The molecule has 1 unspecified atom stereocenters. The fraction of sp³-hybridized carbons (Fsp3) is 0.400. The molecule has 0 aliphatic carbocycles. The first-order valence-electron chi connectivity index (χ1n) is 6.54. The van der Waals surface area contributed by atoms with Crippen LogP contribution in [0.4, 0.5) is 0 Å². The predicted octanol–water partition coefficient (Wildman–Crippen LogP) is 3.22. The number of carbonyl (C=O) groups is 1. The second-order valence-corrected chi connectivity index (χ2v) is 4.92. The van der Waals surface area contributed by atoms with Gasteiger partial charge in [0.2, 0.25) is 0 Å². The standard InChI is InChI=1S/C15H19NO3/c1-3-10(2)9-19-12-4-5-14-13(7-12)11(8-16-14)6-15(17)18/h4-5,7-8,10,16H,3,6,9H2,1-2H3,(H,17,18). The van der Waals surface area contributed by atoms with E-state index in [1.54, 1.807) is 6.20 Å². The van der Waals surface area contributed by atoms with E-state index in [2.05, 4.69) is 18.8 Å². The second-order valence-electron chi connectivity index (χ2n) is 4.92. The van der Waals surface area contributed by atoms with Crippen molar-refractivity contribution in [3.05, 3.63) is 30.0 Å². The zero-order valence-electron chi connectivity index (χ0n) is 11.3. The largest absolute Gasteiger partial charge is 0.493 e. The summed E-state index contributed by atoms with van der Waals surface area (Å²) in [4.78, 5) is 13.9. The van der Waals surface area contributed by atoms with Gasteiger partial charge in [0.05, 0.1) is 13.0 Å². The summed E-state index contributed by atoms with van der Waals surface area (Å²) in [6.45, 7) is 4.96. The number of aromatic amines is 1. The van der Waals surface area contributed by atoms with Gasteiger partial charge in [-0.05, 0) is 29.7 Å². The Morgan fingerprint density at radius 1 is 1.47 bits per heavy atom. The monoisotopic (exact) mass is 261 g/mol. The number of benzene rings is 1. The number of H-pyrrole nitrogens is 1. The van der Waals surface area contributed by atoms with Gasteiger partial charge in [0.15, 0.2) is 0 Å². The molecule has 1 aromatic carbocycles. The molecular formula is C15H19NO3. The molecule has 2 N–H and O–H groups in total. The maximum atomic E-state index is 10.8. The summed E-state index contributed by atoms with van der Waals surface area (Å²) in [5.74, 6) is 0.478. The molecule has 102 valence electrons. The quantitative estimate of drug-likeness (QED) is 0.839. The van der Waals surface area contributed by atoms with Gasteiger partial charge < -0.3 is 14.8 Å². The highest BCUT2D eigenvalue weighted by molar-refractivity contribution is 5.87. The Hall–Kier alpha value is -1.97. The van der Waals surface area contributed by atoms with Crippen molar-refractivity contribution >= 4 is 16.9 Å².